The Kier molecular flexibility index (Phi) is 3.34. The molecular formula is C24H23N3O. The molecule has 0 amide bonds. The normalized spacial score (nSPS) is 23.0. The molecule has 1 N–H and O–H groups in total. The van der Waals surface area contributed by atoms with Crippen molar-refractivity contribution in [3.8, 4) is 0 Å². The highest BCUT2D eigenvalue weighted by Gasteiger charge is 2.50. The van der Waals surface area contributed by atoms with Gasteiger partial charge in [-0.2, -0.15) is 0 Å². The quantitative estimate of drug-likeness (QED) is 0.647. The zero-order chi connectivity index (χ0) is 18.7. The number of benzene rings is 2. The second kappa shape index (κ2) is 5.81. The lowest BCUT2D eigenvalue weighted by atomic mass is 9.73. The van der Waals surface area contributed by atoms with Crippen molar-refractivity contribution in [2.24, 2.45) is 0 Å². The summed E-state index contributed by atoms with van der Waals surface area (Å²) in [6.07, 6.45) is 5.88. The number of fused-ring (bicyclic) bond motifs is 5. The van der Waals surface area contributed by atoms with Crippen molar-refractivity contribution < 1.29 is 4.79 Å². The topological polar surface area (TPSA) is 46.9 Å². The Bertz CT molecular complexity index is 1120. The van der Waals surface area contributed by atoms with Gasteiger partial charge >= 0.3 is 0 Å². The summed E-state index contributed by atoms with van der Waals surface area (Å²) in [5.41, 5.74) is 5.32. The Hall–Kier alpha value is -2.88. The second-order valence-electron chi connectivity index (χ2n) is 8.42. The number of nitrogens with zero attached hydrogens (tertiary/aromatic N) is 2. The van der Waals surface area contributed by atoms with E-state index in [-0.39, 0.29) is 11.5 Å². The molecule has 1 atom stereocenters. The van der Waals surface area contributed by atoms with Gasteiger partial charge in [0.2, 0.25) is 5.95 Å². The van der Waals surface area contributed by atoms with Gasteiger partial charge < -0.3 is 5.32 Å². The van der Waals surface area contributed by atoms with Crippen LogP contribution in [0.15, 0.2) is 65.9 Å². The van der Waals surface area contributed by atoms with Crippen LogP contribution in [0.1, 0.15) is 50.0 Å². The average molecular weight is 369 g/mol. The lowest BCUT2D eigenvalue weighted by molar-refractivity contribution is -0.117. The number of para-hydroxylation sites is 2. The van der Waals surface area contributed by atoms with Crippen molar-refractivity contribution in [2.75, 3.05) is 5.32 Å². The van der Waals surface area contributed by atoms with Gasteiger partial charge in [0.15, 0.2) is 5.78 Å². The molecule has 3 aliphatic rings. The minimum atomic E-state index is -0.217. The summed E-state index contributed by atoms with van der Waals surface area (Å²) >= 11 is 0. The highest BCUT2D eigenvalue weighted by Crippen LogP contribution is 2.53. The number of nitrogens with one attached hydrogen (secondary N) is 1. The van der Waals surface area contributed by atoms with Crippen molar-refractivity contribution in [3.63, 3.8) is 0 Å². The zero-order valence-electron chi connectivity index (χ0n) is 15.8. The fourth-order valence-electron chi connectivity index (χ4n) is 5.75. The molecule has 140 valence electrons. The first kappa shape index (κ1) is 16.1. The Morgan fingerprint density at radius 1 is 0.964 bits per heavy atom. The zero-order valence-corrected chi connectivity index (χ0v) is 15.8. The number of carbonyl (C=O) groups excluding carboxylic acids is 1. The molecule has 4 nitrogen and oxygen atoms in total. The number of ketones is 1. The number of allylic oxidation sites excluding steroid dienone is 2. The Balaban J connectivity index is 1.53. The largest absolute Gasteiger partial charge is 0.329 e. The highest BCUT2D eigenvalue weighted by molar-refractivity contribution is 6.01. The van der Waals surface area contributed by atoms with Crippen LogP contribution in [0.3, 0.4) is 0 Å². The van der Waals surface area contributed by atoms with Gasteiger partial charge in [0.05, 0.1) is 16.6 Å². The fourth-order valence-corrected chi connectivity index (χ4v) is 5.75. The summed E-state index contributed by atoms with van der Waals surface area (Å²) in [7, 11) is 0. The molecule has 2 aliphatic carbocycles. The standard InChI is InChI=1S/C24H23N3O/c28-21-15-17(16-8-2-1-3-9-16)14-19-22(21)24(12-6-7-13-24)27-20-11-5-4-10-18(20)25-23(27)26-19/h1-5,8-11,17H,6-7,12-15H2,(H,25,26). The Morgan fingerprint density at radius 3 is 2.54 bits per heavy atom. The molecule has 0 bridgehead atoms. The summed E-state index contributed by atoms with van der Waals surface area (Å²) in [5, 5.41) is 3.58. The SMILES string of the molecule is O=C1CC(c2ccccc2)CC2=C1C1(CCCC1)n1c(nc3ccccc31)N2. The van der Waals surface area contributed by atoms with E-state index in [1.54, 1.807) is 0 Å². The van der Waals surface area contributed by atoms with Crippen LogP contribution in [0, 0.1) is 0 Å². The van der Waals surface area contributed by atoms with Gasteiger partial charge in [-0.25, -0.2) is 4.98 Å². The maximum atomic E-state index is 13.5. The molecule has 1 unspecified atom stereocenters. The highest BCUT2D eigenvalue weighted by atomic mass is 16.1. The van der Waals surface area contributed by atoms with Crippen LogP contribution >= 0.6 is 0 Å². The first-order valence-corrected chi connectivity index (χ1v) is 10.3. The molecule has 1 aliphatic heterocycles. The molecule has 1 spiro atoms. The van der Waals surface area contributed by atoms with E-state index in [1.807, 2.05) is 12.1 Å². The third-order valence-electron chi connectivity index (χ3n) is 6.88. The van der Waals surface area contributed by atoms with Crippen molar-refractivity contribution >= 4 is 22.8 Å². The Morgan fingerprint density at radius 2 is 1.71 bits per heavy atom. The predicted octanol–water partition coefficient (Wildman–Crippen LogP) is 5.13. The summed E-state index contributed by atoms with van der Waals surface area (Å²) < 4.78 is 2.34. The molecule has 4 heteroatoms. The maximum absolute atomic E-state index is 13.5. The predicted molar refractivity (Wildman–Crippen MR) is 110 cm³/mol. The van der Waals surface area contributed by atoms with Crippen LogP contribution in [0.2, 0.25) is 0 Å². The van der Waals surface area contributed by atoms with E-state index >= 15 is 0 Å². The summed E-state index contributed by atoms with van der Waals surface area (Å²) in [4.78, 5) is 18.4. The van der Waals surface area contributed by atoms with Gasteiger partial charge in [-0.05, 0) is 42.9 Å². The molecule has 28 heavy (non-hydrogen) atoms. The van der Waals surface area contributed by atoms with E-state index in [1.165, 1.54) is 5.56 Å². The van der Waals surface area contributed by atoms with Gasteiger partial charge in [0.25, 0.3) is 0 Å². The van der Waals surface area contributed by atoms with E-state index in [0.717, 1.165) is 60.4 Å². The molecular weight excluding hydrogens is 346 g/mol. The summed E-state index contributed by atoms with van der Waals surface area (Å²) in [6.45, 7) is 0. The van der Waals surface area contributed by atoms with Crippen molar-refractivity contribution in [3.05, 3.63) is 71.4 Å². The monoisotopic (exact) mass is 369 g/mol. The van der Waals surface area contributed by atoms with E-state index in [9.17, 15) is 4.79 Å². The molecule has 2 aromatic carbocycles. The fraction of sp³-hybridized carbons (Fsp3) is 0.333. The second-order valence-corrected chi connectivity index (χ2v) is 8.42. The average Bonchev–Trinajstić information content (AvgIpc) is 3.33. The molecule has 3 aromatic rings. The minimum Gasteiger partial charge on any atom is -0.329 e. The number of hydrogen-bond donors (Lipinski definition) is 1. The minimum absolute atomic E-state index is 0.217. The molecule has 0 radical (unpaired) electrons. The lowest BCUT2D eigenvalue weighted by Gasteiger charge is -2.43. The number of rotatable bonds is 1. The number of anilines is 1. The molecule has 1 fully saturated rings. The van der Waals surface area contributed by atoms with Crippen LogP contribution in [0.4, 0.5) is 5.95 Å². The van der Waals surface area contributed by atoms with E-state index in [0.29, 0.717) is 12.2 Å². The number of aromatic nitrogens is 2. The molecule has 1 saturated carbocycles. The van der Waals surface area contributed by atoms with Crippen LogP contribution in [0.5, 0.6) is 0 Å². The molecule has 1 aromatic heterocycles. The number of Topliss-reactive ketones (excluding diaryl/α,β-unsaturated/α-hetero) is 1. The van der Waals surface area contributed by atoms with Gasteiger partial charge in [-0.1, -0.05) is 55.3 Å². The Labute approximate surface area is 164 Å². The third kappa shape index (κ3) is 2.12. The number of carbonyl (C=O) groups is 1. The summed E-state index contributed by atoms with van der Waals surface area (Å²) in [6, 6.07) is 18.8. The van der Waals surface area contributed by atoms with E-state index < -0.39 is 0 Å². The molecule has 6 rings (SSSR count). The lowest BCUT2D eigenvalue weighted by Crippen LogP contribution is -2.44. The van der Waals surface area contributed by atoms with Crippen molar-refractivity contribution in [1.82, 2.24) is 9.55 Å². The third-order valence-corrected chi connectivity index (χ3v) is 6.88. The molecule has 0 saturated heterocycles. The van der Waals surface area contributed by atoms with Gasteiger partial charge in [-0.15, -0.1) is 0 Å². The first-order chi connectivity index (χ1) is 13.8. The van der Waals surface area contributed by atoms with Crippen LogP contribution in [-0.4, -0.2) is 15.3 Å². The van der Waals surface area contributed by atoms with Crippen molar-refractivity contribution in [1.29, 1.82) is 0 Å². The van der Waals surface area contributed by atoms with Crippen LogP contribution < -0.4 is 5.32 Å². The number of imidazole rings is 1. The van der Waals surface area contributed by atoms with Crippen molar-refractivity contribution in [2.45, 2.75) is 50.0 Å². The van der Waals surface area contributed by atoms with Crippen LogP contribution in [-0.2, 0) is 10.3 Å². The maximum Gasteiger partial charge on any atom is 0.208 e. The van der Waals surface area contributed by atoms with Crippen LogP contribution in [0.25, 0.3) is 11.0 Å². The van der Waals surface area contributed by atoms with Gasteiger partial charge in [0, 0.05) is 17.7 Å². The smallest absolute Gasteiger partial charge is 0.208 e. The van der Waals surface area contributed by atoms with E-state index in [4.69, 9.17) is 4.98 Å². The van der Waals surface area contributed by atoms with E-state index in [2.05, 4.69) is 52.3 Å². The molecule has 2 heterocycles. The number of hydrogen-bond acceptors (Lipinski definition) is 3. The first-order valence-electron chi connectivity index (χ1n) is 10.3. The van der Waals surface area contributed by atoms with Gasteiger partial charge in [-0.3, -0.25) is 9.36 Å². The van der Waals surface area contributed by atoms with Gasteiger partial charge in [0.1, 0.15) is 0 Å². The summed E-state index contributed by atoms with van der Waals surface area (Å²) in [5.74, 6) is 1.46.